The van der Waals surface area contributed by atoms with Crippen molar-refractivity contribution in [2.24, 2.45) is 0 Å². The van der Waals surface area contributed by atoms with Crippen LogP contribution in [0.4, 0.5) is 0 Å². The van der Waals surface area contributed by atoms with E-state index in [1.165, 1.54) is 0 Å². The Morgan fingerprint density at radius 2 is 0.919 bits per heavy atom. The second-order valence-corrected chi connectivity index (χ2v) is 12.7. The minimum Gasteiger partial charge on any atom is -0.460 e. The third-order valence-electron chi connectivity index (χ3n) is 5.27. The maximum atomic E-state index is 12.5. The molecule has 1 heterocycles. The second kappa shape index (κ2) is 15.0. The molecule has 0 unspecified atom stereocenters. The van der Waals surface area contributed by atoms with Crippen molar-refractivity contribution in [2.75, 3.05) is 72.0 Å². The van der Waals surface area contributed by atoms with Gasteiger partial charge < -0.3 is 24.4 Å². The van der Waals surface area contributed by atoms with E-state index in [2.05, 4.69) is 20.0 Å². The van der Waals surface area contributed by atoms with Crippen LogP contribution in [0.3, 0.4) is 0 Å². The summed E-state index contributed by atoms with van der Waals surface area (Å²) >= 11 is 0. The lowest BCUT2D eigenvalue weighted by molar-refractivity contribution is -0.157. The Bertz CT molecular complexity index is 680. The number of esters is 3. The Labute approximate surface area is 224 Å². The molecule has 1 fully saturated rings. The summed E-state index contributed by atoms with van der Waals surface area (Å²) in [5, 5.41) is 3.42. The van der Waals surface area contributed by atoms with Crippen molar-refractivity contribution in [2.45, 2.75) is 85.5 Å². The van der Waals surface area contributed by atoms with Crippen LogP contribution in [0.1, 0.15) is 68.7 Å². The standard InChI is InChI=1S/C27H52N4O6/c1-25(2,3)35-22(32)10-13-29-16-18-30(20-23(33)36-26(4,5)6)14-11-28-12-15-31(19-17-29)21-24(34)37-27(7,8)9/h28H,10-21H2,1-9H3. The lowest BCUT2D eigenvalue weighted by Crippen LogP contribution is -2.47. The fraction of sp³-hybridized carbons (Fsp3) is 0.889. The zero-order valence-corrected chi connectivity index (χ0v) is 24.8. The minimum atomic E-state index is -0.529. The van der Waals surface area contributed by atoms with Crippen LogP contribution >= 0.6 is 0 Å². The summed E-state index contributed by atoms with van der Waals surface area (Å²) in [6, 6.07) is 0. The fourth-order valence-electron chi connectivity index (χ4n) is 3.79. The summed E-state index contributed by atoms with van der Waals surface area (Å²) in [5.74, 6) is -0.731. The van der Waals surface area contributed by atoms with Crippen LogP contribution in [0.5, 0.6) is 0 Å². The SMILES string of the molecule is CC(C)(C)OC(=O)CCN1CCN(CC(=O)OC(C)(C)C)CCNCCN(CC(=O)OC(C)(C)C)CC1. The molecule has 0 atom stereocenters. The van der Waals surface area contributed by atoms with Crippen molar-refractivity contribution in [3.63, 3.8) is 0 Å². The summed E-state index contributed by atoms with van der Waals surface area (Å²) in [6.07, 6.45) is 0.275. The molecule has 0 aromatic rings. The molecule has 0 spiro atoms. The molecule has 1 N–H and O–H groups in total. The molecule has 1 aliphatic rings. The highest BCUT2D eigenvalue weighted by Gasteiger charge is 2.23. The summed E-state index contributed by atoms with van der Waals surface area (Å²) < 4.78 is 16.5. The summed E-state index contributed by atoms with van der Waals surface area (Å²) in [4.78, 5) is 43.7. The first kappa shape index (κ1) is 33.3. The monoisotopic (exact) mass is 528 g/mol. The number of hydrogen-bond donors (Lipinski definition) is 1. The maximum absolute atomic E-state index is 12.5. The second-order valence-electron chi connectivity index (χ2n) is 12.7. The fourth-order valence-corrected chi connectivity index (χ4v) is 3.79. The van der Waals surface area contributed by atoms with Gasteiger partial charge in [-0.15, -0.1) is 0 Å². The van der Waals surface area contributed by atoms with Gasteiger partial charge in [-0.1, -0.05) is 0 Å². The number of nitrogens with one attached hydrogen (secondary N) is 1. The van der Waals surface area contributed by atoms with Crippen molar-refractivity contribution in [3.05, 3.63) is 0 Å². The van der Waals surface area contributed by atoms with Gasteiger partial charge in [0.25, 0.3) is 0 Å². The molecule has 0 saturated carbocycles. The quantitative estimate of drug-likeness (QED) is 0.390. The van der Waals surface area contributed by atoms with Crippen molar-refractivity contribution >= 4 is 17.9 Å². The van der Waals surface area contributed by atoms with Gasteiger partial charge in [0.1, 0.15) is 16.8 Å². The average molecular weight is 529 g/mol. The molecule has 0 aromatic carbocycles. The molecule has 10 heteroatoms. The Hall–Kier alpha value is -1.75. The Morgan fingerprint density at radius 3 is 1.30 bits per heavy atom. The number of carbonyl (C=O) groups is 3. The molecule has 37 heavy (non-hydrogen) atoms. The summed E-state index contributed by atoms with van der Waals surface area (Å²) in [6.45, 7) is 23.2. The lowest BCUT2D eigenvalue weighted by Gasteiger charge is -2.32. The normalized spacial score (nSPS) is 18.4. The van der Waals surface area contributed by atoms with E-state index in [0.717, 1.165) is 0 Å². The van der Waals surface area contributed by atoms with Gasteiger partial charge in [-0.25, -0.2) is 0 Å². The lowest BCUT2D eigenvalue weighted by atomic mass is 10.2. The number of carbonyl (C=O) groups excluding carboxylic acids is 3. The third-order valence-corrected chi connectivity index (χ3v) is 5.27. The highest BCUT2D eigenvalue weighted by molar-refractivity contribution is 5.72. The number of ether oxygens (including phenoxy) is 3. The van der Waals surface area contributed by atoms with Crippen molar-refractivity contribution in [1.82, 2.24) is 20.0 Å². The Balaban J connectivity index is 2.86. The van der Waals surface area contributed by atoms with Gasteiger partial charge in [-0.3, -0.25) is 24.2 Å². The molecule has 1 rings (SSSR count). The van der Waals surface area contributed by atoms with E-state index in [9.17, 15) is 14.4 Å². The molecule has 1 saturated heterocycles. The highest BCUT2D eigenvalue weighted by atomic mass is 16.6. The molecule has 10 nitrogen and oxygen atoms in total. The van der Waals surface area contributed by atoms with Gasteiger partial charge >= 0.3 is 17.9 Å². The van der Waals surface area contributed by atoms with Gasteiger partial charge in [0.05, 0.1) is 19.5 Å². The van der Waals surface area contributed by atoms with Gasteiger partial charge in [0, 0.05) is 58.9 Å². The zero-order chi connectivity index (χ0) is 28.3. The number of nitrogens with zero attached hydrogens (tertiary/aromatic N) is 3. The first-order chi connectivity index (χ1) is 16.9. The van der Waals surface area contributed by atoms with Crippen molar-refractivity contribution in [3.8, 4) is 0 Å². The number of rotatable bonds is 7. The van der Waals surface area contributed by atoms with Gasteiger partial charge in [-0.05, 0) is 62.3 Å². The van der Waals surface area contributed by atoms with E-state index in [1.807, 2.05) is 62.3 Å². The highest BCUT2D eigenvalue weighted by Crippen LogP contribution is 2.11. The molecule has 0 amide bonds. The van der Waals surface area contributed by atoms with E-state index in [0.29, 0.717) is 58.9 Å². The van der Waals surface area contributed by atoms with Crippen molar-refractivity contribution in [1.29, 1.82) is 0 Å². The molecule has 0 aromatic heterocycles. The van der Waals surface area contributed by atoms with E-state index >= 15 is 0 Å². The van der Waals surface area contributed by atoms with Crippen LogP contribution in [0.2, 0.25) is 0 Å². The summed E-state index contributed by atoms with van der Waals surface area (Å²) in [5.41, 5.74) is -1.59. The third kappa shape index (κ3) is 18.2. The van der Waals surface area contributed by atoms with Crippen LogP contribution in [0, 0.1) is 0 Å². The van der Waals surface area contributed by atoms with Gasteiger partial charge in [0.15, 0.2) is 0 Å². The molecular formula is C27H52N4O6. The first-order valence-corrected chi connectivity index (χ1v) is 13.5. The van der Waals surface area contributed by atoms with Crippen molar-refractivity contribution < 1.29 is 28.6 Å². The Morgan fingerprint density at radius 1 is 0.568 bits per heavy atom. The van der Waals surface area contributed by atoms with Gasteiger partial charge in [-0.2, -0.15) is 0 Å². The van der Waals surface area contributed by atoms with Crippen LogP contribution in [0.15, 0.2) is 0 Å². The predicted octanol–water partition coefficient (Wildman–Crippen LogP) is 1.91. The van der Waals surface area contributed by atoms with Crippen LogP contribution in [-0.4, -0.2) is 121 Å². The Kier molecular flexibility index (Phi) is 13.5. The van der Waals surface area contributed by atoms with E-state index in [-0.39, 0.29) is 37.4 Å². The largest absolute Gasteiger partial charge is 0.460 e. The first-order valence-electron chi connectivity index (χ1n) is 13.5. The molecule has 0 aliphatic carbocycles. The topological polar surface area (TPSA) is 101 Å². The van der Waals surface area contributed by atoms with Crippen LogP contribution in [0.25, 0.3) is 0 Å². The molecule has 0 bridgehead atoms. The zero-order valence-electron chi connectivity index (χ0n) is 24.8. The minimum absolute atomic E-state index is 0.212. The predicted molar refractivity (Wildman–Crippen MR) is 144 cm³/mol. The average Bonchev–Trinajstić information content (AvgIpc) is 2.66. The smallest absolute Gasteiger partial charge is 0.320 e. The summed E-state index contributed by atoms with van der Waals surface area (Å²) in [7, 11) is 0. The number of hydrogen-bond acceptors (Lipinski definition) is 10. The molecule has 1 aliphatic heterocycles. The maximum Gasteiger partial charge on any atom is 0.320 e. The molecule has 0 radical (unpaired) electrons. The van der Waals surface area contributed by atoms with E-state index in [4.69, 9.17) is 14.2 Å². The van der Waals surface area contributed by atoms with E-state index in [1.54, 1.807) is 0 Å². The van der Waals surface area contributed by atoms with Crippen LogP contribution < -0.4 is 5.32 Å². The van der Waals surface area contributed by atoms with Gasteiger partial charge in [0.2, 0.25) is 0 Å². The molecule has 216 valence electrons. The molecular weight excluding hydrogens is 476 g/mol. The van der Waals surface area contributed by atoms with Crippen LogP contribution in [-0.2, 0) is 28.6 Å². The van der Waals surface area contributed by atoms with E-state index < -0.39 is 16.8 Å².